The number of halogens is 3. The van der Waals surface area contributed by atoms with Gasteiger partial charge in [-0.05, 0) is 182 Å². The monoisotopic (exact) mass is 1630 g/mol. The quantitative estimate of drug-likeness (QED) is 0.0331. The van der Waals surface area contributed by atoms with Crippen molar-refractivity contribution in [2.24, 2.45) is 16.9 Å². The molecule has 4 aliphatic rings. The van der Waals surface area contributed by atoms with Gasteiger partial charge in [0.25, 0.3) is 17.7 Å². The Bertz CT molecular complexity index is 5490. The van der Waals surface area contributed by atoms with Crippen LogP contribution in [0.5, 0.6) is 0 Å². The lowest BCUT2D eigenvalue weighted by Gasteiger charge is -2.35. The Balaban J connectivity index is 0.000000155. The van der Waals surface area contributed by atoms with E-state index in [1.54, 1.807) is 46.4 Å². The lowest BCUT2D eigenvalue weighted by atomic mass is 9.98. The number of carbonyl (C=O) groups is 3. The summed E-state index contributed by atoms with van der Waals surface area (Å²) < 4.78 is 83.9. The highest BCUT2D eigenvalue weighted by molar-refractivity contribution is 7.92. The van der Waals surface area contributed by atoms with Gasteiger partial charge in [-0.1, -0.05) is 72.1 Å². The van der Waals surface area contributed by atoms with Crippen molar-refractivity contribution in [2.75, 3.05) is 76.3 Å². The number of likely N-dealkylation sites (tertiary alicyclic amines) is 3. The summed E-state index contributed by atoms with van der Waals surface area (Å²) in [5.41, 5.74) is 23.4. The van der Waals surface area contributed by atoms with Gasteiger partial charge in [-0.2, -0.15) is 15.3 Å². The zero-order valence-electron chi connectivity index (χ0n) is 63.2. The number of sulfonamides is 3. The standard InChI is InChI=1S/C28H32ClN7O3S.C26H32ClN5O3S.C23H30ClN7O3S/c1-18-17-36-26(32-27(18)31-16-22(30)19-8-4-3-5-9-19)15-24(33-36)25-10-6-7-13-35(25)28(37)21-14-20(29)11-12-23(21)34-40(2,38)39;1-17-16-32-24(28-20(17)9-10-26(2)11-12-26)15-22(29-32)23-6-4-5-13-31(23)25(33)19-14-18(27)7-8-21(19)30-36(3,34)35;1-14-13-31-21(27-22(14)26-12-15(2)25)11-19(28-31)20-6-4-5-9-30(20)23(32)17-10-16(24)7-8-18(17)29-35(3,33)34/h3-5,8-9,11-12,14-15,17,22,25,34H,6-7,10,13,16,30H2,1-2H3,(H,31,32);7-8,14-16,23,30H,4-6,9-13H2,1-3H3;7-8,10-11,13,15,20,29H,4-6,9,12,25H2,1-3H3,(H,26,27)/t22?,25-;23-;15?,20-/m000/s1. The normalized spacial score (nSPS) is 17.8. The fraction of sp³-hybridized carbons (Fsp3) is 0.416. The van der Waals surface area contributed by atoms with E-state index in [1.807, 2.05) is 87.9 Å². The summed E-state index contributed by atoms with van der Waals surface area (Å²) in [5, 5.41) is 22.0. The summed E-state index contributed by atoms with van der Waals surface area (Å²) in [7, 11) is -10.7. The van der Waals surface area contributed by atoms with Crippen molar-refractivity contribution in [3.05, 3.63) is 199 Å². The van der Waals surface area contributed by atoms with Crippen LogP contribution in [0.1, 0.15) is 191 Å². The van der Waals surface area contributed by atoms with E-state index in [2.05, 4.69) is 38.6 Å². The number of rotatable bonds is 22. The molecule has 111 heavy (non-hydrogen) atoms. The average Bonchev–Trinajstić information content (AvgIpc) is 1.71. The predicted octanol–water partition coefficient (Wildman–Crippen LogP) is 12.9. The van der Waals surface area contributed by atoms with Gasteiger partial charge in [0, 0.05) is 113 Å². The second kappa shape index (κ2) is 34.0. The largest absolute Gasteiger partial charge is 0.368 e. The van der Waals surface area contributed by atoms with Crippen LogP contribution in [0.3, 0.4) is 0 Å². The fourth-order valence-corrected chi connectivity index (χ4v) is 16.5. The van der Waals surface area contributed by atoms with E-state index < -0.39 is 30.1 Å². The van der Waals surface area contributed by atoms with Gasteiger partial charge in [0.15, 0.2) is 16.9 Å². The molecule has 5 atom stereocenters. The number of aromatic nitrogens is 9. The summed E-state index contributed by atoms with van der Waals surface area (Å²) in [5.74, 6) is 0.583. The number of hydrogen-bond donors (Lipinski definition) is 7. The first kappa shape index (κ1) is 81.3. The van der Waals surface area contributed by atoms with Gasteiger partial charge < -0.3 is 36.8 Å². The van der Waals surface area contributed by atoms with Crippen LogP contribution in [0.4, 0.5) is 28.7 Å². The van der Waals surface area contributed by atoms with Gasteiger partial charge in [0.1, 0.15) is 11.6 Å². The average molecular weight is 1630 g/mol. The molecule has 3 amide bonds. The highest BCUT2D eigenvalue weighted by Gasteiger charge is 2.38. The molecule has 14 rings (SSSR count). The van der Waals surface area contributed by atoms with Crippen LogP contribution in [0, 0.1) is 26.2 Å². The predicted molar refractivity (Wildman–Crippen MR) is 435 cm³/mol. The summed E-state index contributed by atoms with van der Waals surface area (Å²) >= 11 is 18.6. The summed E-state index contributed by atoms with van der Waals surface area (Å²) in [4.78, 5) is 60.9. The number of nitrogens with two attached hydrogens (primary N) is 2. The number of carbonyl (C=O) groups excluding carboxylic acids is 3. The Morgan fingerprint density at radius 3 is 1.23 bits per heavy atom. The molecule has 4 aromatic carbocycles. The number of hydrogen-bond acceptors (Lipinski definition) is 19. The molecule has 10 aromatic rings. The van der Waals surface area contributed by atoms with Gasteiger partial charge in [-0.25, -0.2) is 53.8 Å². The highest BCUT2D eigenvalue weighted by atomic mass is 35.5. The van der Waals surface area contributed by atoms with E-state index >= 15 is 0 Å². The molecule has 34 heteroatoms. The molecular weight excluding hydrogens is 1540 g/mol. The van der Waals surface area contributed by atoms with E-state index in [0.717, 1.165) is 152 Å². The molecule has 590 valence electrons. The zero-order valence-corrected chi connectivity index (χ0v) is 67.9. The maximum absolute atomic E-state index is 13.8. The van der Waals surface area contributed by atoms with Crippen molar-refractivity contribution in [2.45, 2.75) is 148 Å². The van der Waals surface area contributed by atoms with Crippen molar-refractivity contribution < 1.29 is 39.6 Å². The van der Waals surface area contributed by atoms with E-state index in [9.17, 15) is 39.6 Å². The van der Waals surface area contributed by atoms with Gasteiger partial charge in [0.05, 0.1) is 87.7 Å². The number of anilines is 5. The van der Waals surface area contributed by atoms with Gasteiger partial charge in [-0.3, -0.25) is 28.5 Å². The second-order valence-electron chi connectivity index (χ2n) is 29.8. The van der Waals surface area contributed by atoms with Crippen LogP contribution in [0.25, 0.3) is 16.9 Å². The number of fused-ring (bicyclic) bond motifs is 3. The van der Waals surface area contributed by atoms with Crippen LogP contribution in [-0.4, -0.2) is 159 Å². The van der Waals surface area contributed by atoms with Crippen molar-refractivity contribution in [1.82, 2.24) is 58.5 Å². The molecule has 28 nitrogen and oxygen atoms in total. The second-order valence-corrected chi connectivity index (χ2v) is 36.4. The maximum atomic E-state index is 13.8. The minimum Gasteiger partial charge on any atom is -0.368 e. The van der Waals surface area contributed by atoms with Crippen LogP contribution in [-0.2, 0) is 36.5 Å². The number of nitrogens with zero attached hydrogens (tertiary/aromatic N) is 12. The number of aryl methyl sites for hydroxylation is 4. The third-order valence-electron chi connectivity index (χ3n) is 20.3. The molecule has 2 unspecified atom stereocenters. The number of benzene rings is 4. The molecule has 0 radical (unpaired) electrons. The molecule has 0 spiro atoms. The molecule has 3 saturated heterocycles. The molecule has 9 heterocycles. The molecule has 9 N–H and O–H groups in total. The van der Waals surface area contributed by atoms with Crippen molar-refractivity contribution in [1.29, 1.82) is 0 Å². The number of amides is 3. The first-order valence-electron chi connectivity index (χ1n) is 37.0. The fourth-order valence-electron chi connectivity index (χ4n) is 14.2. The van der Waals surface area contributed by atoms with Crippen molar-refractivity contribution in [3.8, 4) is 0 Å². The molecule has 1 aliphatic carbocycles. The van der Waals surface area contributed by atoms with Gasteiger partial charge >= 0.3 is 0 Å². The molecule has 0 bridgehead atoms. The van der Waals surface area contributed by atoms with Crippen LogP contribution in [0.2, 0.25) is 15.1 Å². The first-order chi connectivity index (χ1) is 52.6. The lowest BCUT2D eigenvalue weighted by Crippen LogP contribution is -2.39. The lowest BCUT2D eigenvalue weighted by molar-refractivity contribution is 0.0600. The Morgan fingerprint density at radius 2 is 0.865 bits per heavy atom. The molecule has 1 saturated carbocycles. The number of piperidine rings is 3. The Labute approximate surface area is 661 Å². The Morgan fingerprint density at radius 1 is 0.505 bits per heavy atom. The van der Waals surface area contributed by atoms with Crippen molar-refractivity contribution in [3.63, 3.8) is 0 Å². The molecular formula is C77H94Cl3N19O9S3. The topological polar surface area (TPSA) is 366 Å². The third kappa shape index (κ3) is 20.5. The Kier molecular flexibility index (Phi) is 24.9. The number of nitrogens with one attached hydrogen (secondary N) is 5. The summed E-state index contributed by atoms with van der Waals surface area (Å²) in [6.45, 7) is 12.9. The van der Waals surface area contributed by atoms with Crippen LogP contribution < -0.4 is 36.3 Å². The smallest absolute Gasteiger partial charge is 0.256 e. The van der Waals surface area contributed by atoms with E-state index in [-0.39, 0.29) is 81.7 Å². The van der Waals surface area contributed by atoms with E-state index in [0.29, 0.717) is 64.5 Å². The van der Waals surface area contributed by atoms with Gasteiger partial charge in [0.2, 0.25) is 30.1 Å². The Hall–Kier alpha value is -9.21. The van der Waals surface area contributed by atoms with E-state index in [4.69, 9.17) is 76.5 Å². The highest BCUT2D eigenvalue weighted by Crippen LogP contribution is 2.49. The molecule has 4 fully saturated rings. The molecule has 6 aromatic heterocycles. The third-order valence-corrected chi connectivity index (χ3v) is 22.7. The first-order valence-corrected chi connectivity index (χ1v) is 43.8. The minimum atomic E-state index is -3.60. The summed E-state index contributed by atoms with van der Waals surface area (Å²) in [6.07, 6.45) is 21.3. The van der Waals surface area contributed by atoms with Crippen LogP contribution in [0.15, 0.2) is 122 Å². The van der Waals surface area contributed by atoms with Crippen LogP contribution >= 0.6 is 34.8 Å². The maximum Gasteiger partial charge on any atom is 0.256 e. The summed E-state index contributed by atoms with van der Waals surface area (Å²) in [6, 6.07) is 28.4. The zero-order chi connectivity index (χ0) is 79.4. The minimum absolute atomic E-state index is 0.0109. The molecule has 3 aliphatic heterocycles. The SMILES string of the molecule is Cc1cn2nc([C@@H]3CCCCN3C(=O)c3cc(Cl)ccc3NS(C)(=O)=O)cc2nc1CCC1(C)CC1.Cc1cn2nc([C@@H]3CCCCN3C(=O)c3cc(Cl)ccc3NS(C)(=O)=O)cc2nc1NCC(C)N.Cc1cn2nc([C@@H]3CCCCN3C(=O)c3cc(Cl)ccc3NS(C)(=O)=O)cc2nc1NCC(N)c1ccccc1. The van der Waals surface area contributed by atoms with Crippen molar-refractivity contribution >= 4 is 128 Å². The van der Waals surface area contributed by atoms with E-state index in [1.165, 1.54) is 49.2 Å². The van der Waals surface area contributed by atoms with Gasteiger partial charge in [-0.15, -0.1) is 0 Å².